The summed E-state index contributed by atoms with van der Waals surface area (Å²) >= 11 is 0. The third kappa shape index (κ3) is 6.92. The molecule has 1 saturated heterocycles. The van der Waals surface area contributed by atoms with Gasteiger partial charge in [-0.3, -0.25) is 4.79 Å². The maximum Gasteiger partial charge on any atom is 0.222 e. The average molecular weight is 269 g/mol. The maximum atomic E-state index is 12.1. The number of nitrogens with zero attached hydrogens (tertiary/aromatic N) is 2. The standard InChI is InChI=1S/C15H31N3O/c1-2-3-4-5-8-15(19)18-12-7-11-17(13-14-18)10-6-9-16/h2-14,16H2,1H3. The number of hydrogen-bond donors (Lipinski definition) is 1. The highest BCUT2D eigenvalue weighted by Crippen LogP contribution is 2.09. The summed E-state index contributed by atoms with van der Waals surface area (Å²) in [6.07, 6.45) is 7.63. The highest BCUT2D eigenvalue weighted by molar-refractivity contribution is 5.76. The van der Waals surface area contributed by atoms with Crippen molar-refractivity contribution in [3.8, 4) is 0 Å². The molecule has 0 atom stereocenters. The molecule has 0 bridgehead atoms. The zero-order valence-electron chi connectivity index (χ0n) is 12.6. The SMILES string of the molecule is CCCCCCC(=O)N1CCCN(CCCN)CC1. The van der Waals surface area contributed by atoms with Gasteiger partial charge in [-0.2, -0.15) is 0 Å². The van der Waals surface area contributed by atoms with Gasteiger partial charge in [0.15, 0.2) is 0 Å². The molecule has 0 aliphatic carbocycles. The molecule has 112 valence electrons. The van der Waals surface area contributed by atoms with E-state index >= 15 is 0 Å². The number of rotatable bonds is 8. The molecule has 0 aromatic heterocycles. The van der Waals surface area contributed by atoms with E-state index in [1.807, 2.05) is 0 Å². The van der Waals surface area contributed by atoms with Crippen LogP contribution in [0, 0.1) is 0 Å². The van der Waals surface area contributed by atoms with Crippen LogP contribution in [0.4, 0.5) is 0 Å². The first-order valence-electron chi connectivity index (χ1n) is 7.98. The smallest absolute Gasteiger partial charge is 0.222 e. The Balaban J connectivity index is 2.21. The van der Waals surface area contributed by atoms with Gasteiger partial charge >= 0.3 is 0 Å². The van der Waals surface area contributed by atoms with E-state index in [1.165, 1.54) is 19.3 Å². The van der Waals surface area contributed by atoms with Crippen LogP contribution in [0.3, 0.4) is 0 Å². The van der Waals surface area contributed by atoms with Crippen LogP contribution in [0.2, 0.25) is 0 Å². The van der Waals surface area contributed by atoms with Gasteiger partial charge in [0.25, 0.3) is 0 Å². The lowest BCUT2D eigenvalue weighted by Gasteiger charge is -2.22. The van der Waals surface area contributed by atoms with E-state index < -0.39 is 0 Å². The van der Waals surface area contributed by atoms with Crippen molar-refractivity contribution in [2.75, 3.05) is 39.3 Å². The van der Waals surface area contributed by atoms with Crippen LogP contribution in [0.5, 0.6) is 0 Å². The van der Waals surface area contributed by atoms with Crippen molar-refractivity contribution in [1.29, 1.82) is 0 Å². The topological polar surface area (TPSA) is 49.6 Å². The molecule has 0 aromatic carbocycles. The van der Waals surface area contributed by atoms with E-state index in [-0.39, 0.29) is 0 Å². The molecular formula is C15H31N3O. The van der Waals surface area contributed by atoms with Crippen LogP contribution >= 0.6 is 0 Å². The fourth-order valence-corrected chi connectivity index (χ4v) is 2.62. The van der Waals surface area contributed by atoms with E-state index in [1.54, 1.807) is 0 Å². The Labute approximate surface area is 118 Å². The number of nitrogens with two attached hydrogens (primary N) is 1. The number of carbonyl (C=O) groups is 1. The minimum Gasteiger partial charge on any atom is -0.341 e. The molecular weight excluding hydrogens is 238 g/mol. The molecule has 0 unspecified atom stereocenters. The lowest BCUT2D eigenvalue weighted by molar-refractivity contribution is -0.131. The summed E-state index contributed by atoms with van der Waals surface area (Å²) in [7, 11) is 0. The molecule has 1 amide bonds. The highest BCUT2D eigenvalue weighted by Gasteiger charge is 2.18. The summed E-state index contributed by atoms with van der Waals surface area (Å²) < 4.78 is 0. The number of amides is 1. The van der Waals surface area contributed by atoms with Crippen LogP contribution in [-0.4, -0.2) is 55.0 Å². The second-order valence-corrected chi connectivity index (χ2v) is 5.53. The maximum absolute atomic E-state index is 12.1. The predicted octanol–water partition coefficient (Wildman–Crippen LogP) is 1.84. The summed E-state index contributed by atoms with van der Waals surface area (Å²) in [5, 5.41) is 0. The first kappa shape index (κ1) is 16.4. The number of carbonyl (C=O) groups excluding carboxylic acids is 1. The van der Waals surface area contributed by atoms with E-state index in [2.05, 4.69) is 16.7 Å². The summed E-state index contributed by atoms with van der Waals surface area (Å²) in [5.74, 6) is 0.358. The second-order valence-electron chi connectivity index (χ2n) is 5.53. The van der Waals surface area contributed by atoms with Gasteiger partial charge in [0.1, 0.15) is 0 Å². The van der Waals surface area contributed by atoms with Gasteiger partial charge in [-0.05, 0) is 38.9 Å². The van der Waals surface area contributed by atoms with Crippen molar-refractivity contribution in [3.63, 3.8) is 0 Å². The Morgan fingerprint density at radius 3 is 2.63 bits per heavy atom. The van der Waals surface area contributed by atoms with Gasteiger partial charge in [-0.25, -0.2) is 0 Å². The minimum atomic E-state index is 0.358. The van der Waals surface area contributed by atoms with Crippen LogP contribution in [0.15, 0.2) is 0 Å². The van der Waals surface area contributed by atoms with Crippen molar-refractivity contribution >= 4 is 5.91 Å². The molecule has 1 fully saturated rings. The summed E-state index contributed by atoms with van der Waals surface area (Å²) in [4.78, 5) is 16.6. The molecule has 4 nitrogen and oxygen atoms in total. The van der Waals surface area contributed by atoms with Gasteiger partial charge in [-0.1, -0.05) is 26.2 Å². The summed E-state index contributed by atoms with van der Waals surface area (Å²) in [6, 6.07) is 0. The highest BCUT2D eigenvalue weighted by atomic mass is 16.2. The molecule has 0 spiro atoms. The first-order valence-corrected chi connectivity index (χ1v) is 7.98. The Kier molecular flexibility index (Phi) is 8.84. The normalized spacial score (nSPS) is 17.5. The Morgan fingerprint density at radius 2 is 1.89 bits per heavy atom. The summed E-state index contributed by atoms with van der Waals surface area (Å²) in [6.45, 7) is 8.00. The van der Waals surface area contributed by atoms with Crippen LogP contribution in [-0.2, 0) is 4.79 Å². The molecule has 1 heterocycles. The molecule has 0 aromatic rings. The number of hydrogen-bond acceptors (Lipinski definition) is 3. The largest absolute Gasteiger partial charge is 0.341 e. The molecule has 0 radical (unpaired) electrons. The third-order valence-electron chi connectivity index (χ3n) is 3.86. The molecule has 1 aliphatic rings. The Bertz CT molecular complexity index is 246. The van der Waals surface area contributed by atoms with Crippen LogP contribution < -0.4 is 5.73 Å². The van der Waals surface area contributed by atoms with E-state index in [4.69, 9.17) is 5.73 Å². The Hall–Kier alpha value is -0.610. The van der Waals surface area contributed by atoms with E-state index in [9.17, 15) is 4.79 Å². The molecule has 2 N–H and O–H groups in total. The first-order chi connectivity index (χ1) is 9.27. The molecule has 19 heavy (non-hydrogen) atoms. The minimum absolute atomic E-state index is 0.358. The molecule has 0 saturated carbocycles. The van der Waals surface area contributed by atoms with Gasteiger partial charge in [0.05, 0.1) is 0 Å². The number of unbranched alkanes of at least 4 members (excludes halogenated alkanes) is 3. The zero-order valence-corrected chi connectivity index (χ0v) is 12.6. The van der Waals surface area contributed by atoms with Crippen molar-refractivity contribution in [1.82, 2.24) is 9.80 Å². The lowest BCUT2D eigenvalue weighted by atomic mass is 10.1. The van der Waals surface area contributed by atoms with E-state index in [0.717, 1.165) is 65.0 Å². The molecule has 1 rings (SSSR count). The zero-order chi connectivity index (χ0) is 13.9. The van der Waals surface area contributed by atoms with Crippen LogP contribution in [0.25, 0.3) is 0 Å². The summed E-state index contributed by atoms with van der Waals surface area (Å²) in [5.41, 5.74) is 5.55. The van der Waals surface area contributed by atoms with Crippen molar-refractivity contribution < 1.29 is 4.79 Å². The van der Waals surface area contributed by atoms with E-state index in [0.29, 0.717) is 5.91 Å². The third-order valence-corrected chi connectivity index (χ3v) is 3.86. The Morgan fingerprint density at radius 1 is 1.05 bits per heavy atom. The monoisotopic (exact) mass is 269 g/mol. The van der Waals surface area contributed by atoms with Gasteiger partial charge < -0.3 is 15.5 Å². The van der Waals surface area contributed by atoms with Gasteiger partial charge in [-0.15, -0.1) is 0 Å². The van der Waals surface area contributed by atoms with Crippen molar-refractivity contribution in [2.45, 2.75) is 51.9 Å². The van der Waals surface area contributed by atoms with Crippen molar-refractivity contribution in [3.05, 3.63) is 0 Å². The molecule has 1 aliphatic heterocycles. The predicted molar refractivity (Wildman–Crippen MR) is 80.1 cm³/mol. The average Bonchev–Trinajstić information content (AvgIpc) is 2.66. The van der Waals surface area contributed by atoms with Gasteiger partial charge in [0.2, 0.25) is 5.91 Å². The fraction of sp³-hybridized carbons (Fsp3) is 0.933. The second kappa shape index (κ2) is 10.2. The molecule has 4 heteroatoms. The quantitative estimate of drug-likeness (QED) is 0.684. The van der Waals surface area contributed by atoms with Crippen LogP contribution in [0.1, 0.15) is 51.9 Å². The lowest BCUT2D eigenvalue weighted by Crippen LogP contribution is -2.35. The van der Waals surface area contributed by atoms with Gasteiger partial charge in [0, 0.05) is 26.1 Å². The van der Waals surface area contributed by atoms with Crippen molar-refractivity contribution in [2.24, 2.45) is 5.73 Å². The fourth-order valence-electron chi connectivity index (χ4n) is 2.62.